The molecule has 0 saturated carbocycles. The number of carbonyl (C=O) groups is 1. The maximum Gasteiger partial charge on any atom is 0.237 e. The van der Waals surface area contributed by atoms with Crippen LogP contribution in [0, 0.1) is 25.2 Å². The molecule has 2 aromatic carbocycles. The van der Waals surface area contributed by atoms with Crippen LogP contribution in [0.5, 0.6) is 0 Å². The number of hydrogen-bond acceptors (Lipinski definition) is 3. The minimum absolute atomic E-state index is 0.0682. The summed E-state index contributed by atoms with van der Waals surface area (Å²) in [4.78, 5) is 15.2. The van der Waals surface area contributed by atoms with Gasteiger partial charge in [0.15, 0.2) is 0 Å². The summed E-state index contributed by atoms with van der Waals surface area (Å²) in [6.07, 6.45) is 0.279. The fourth-order valence-corrected chi connectivity index (χ4v) is 3.84. The Labute approximate surface area is 162 Å². The highest BCUT2D eigenvalue weighted by atomic mass is 35.5. The lowest BCUT2D eigenvalue weighted by atomic mass is 10.1. The Balaban J connectivity index is 2.18. The van der Waals surface area contributed by atoms with Crippen molar-refractivity contribution in [3.8, 4) is 6.07 Å². The molecule has 2 rings (SSSR count). The number of rotatable bonds is 6. The number of benzene rings is 2. The van der Waals surface area contributed by atoms with Crippen molar-refractivity contribution < 1.29 is 4.79 Å². The molecule has 3 nitrogen and oxygen atoms in total. The Kier molecular flexibility index (Phi) is 7.19. The smallest absolute Gasteiger partial charge is 0.237 e. The lowest BCUT2D eigenvalue weighted by molar-refractivity contribution is -0.116. The van der Waals surface area contributed by atoms with Crippen molar-refractivity contribution in [1.82, 2.24) is 0 Å². The molecule has 0 bridgehead atoms. The normalized spacial score (nSPS) is 10.4. The Hall–Kier alpha value is -1.67. The minimum Gasteiger partial charge on any atom is -0.311 e. The quantitative estimate of drug-likeness (QED) is 0.596. The van der Waals surface area contributed by atoms with Crippen LogP contribution in [0.2, 0.25) is 10.0 Å². The molecular weight excluding hydrogens is 375 g/mol. The maximum absolute atomic E-state index is 12.8. The summed E-state index contributed by atoms with van der Waals surface area (Å²) in [5.41, 5.74) is 2.97. The van der Waals surface area contributed by atoms with Gasteiger partial charge in [-0.1, -0.05) is 29.3 Å². The maximum atomic E-state index is 12.8. The second-order valence-electron chi connectivity index (χ2n) is 5.66. The number of nitrogens with zero attached hydrogens (tertiary/aromatic N) is 2. The van der Waals surface area contributed by atoms with E-state index in [9.17, 15) is 4.79 Å². The third kappa shape index (κ3) is 5.67. The molecule has 130 valence electrons. The summed E-state index contributed by atoms with van der Waals surface area (Å²) < 4.78 is 0. The second-order valence-corrected chi connectivity index (χ2v) is 7.52. The van der Waals surface area contributed by atoms with Gasteiger partial charge in [0.1, 0.15) is 0 Å². The van der Waals surface area contributed by atoms with Gasteiger partial charge in [-0.2, -0.15) is 5.26 Å². The average molecular weight is 393 g/mol. The molecule has 0 N–H and O–H groups in total. The van der Waals surface area contributed by atoms with Gasteiger partial charge in [0.25, 0.3) is 0 Å². The number of carbonyl (C=O) groups excluding carboxylic acids is 1. The predicted octanol–water partition coefficient (Wildman–Crippen LogP) is 5.65. The van der Waals surface area contributed by atoms with Crippen LogP contribution >= 0.6 is 35.0 Å². The first kappa shape index (κ1) is 19.7. The van der Waals surface area contributed by atoms with Crippen molar-refractivity contribution in [1.29, 1.82) is 5.26 Å². The molecule has 0 aliphatic rings. The van der Waals surface area contributed by atoms with Gasteiger partial charge < -0.3 is 4.90 Å². The van der Waals surface area contributed by atoms with Crippen LogP contribution in [-0.2, 0) is 4.79 Å². The molecule has 0 aliphatic heterocycles. The van der Waals surface area contributed by atoms with E-state index in [-0.39, 0.29) is 18.1 Å². The van der Waals surface area contributed by atoms with E-state index in [0.29, 0.717) is 16.6 Å². The number of halogens is 2. The first-order valence-corrected chi connectivity index (χ1v) is 9.48. The van der Waals surface area contributed by atoms with Gasteiger partial charge in [-0.05, 0) is 55.3 Å². The fourth-order valence-electron chi connectivity index (χ4n) is 2.47. The number of anilines is 1. The third-order valence-electron chi connectivity index (χ3n) is 3.51. The van der Waals surface area contributed by atoms with Gasteiger partial charge in [0, 0.05) is 22.2 Å². The minimum atomic E-state index is -0.0682. The van der Waals surface area contributed by atoms with Crippen LogP contribution < -0.4 is 4.90 Å². The van der Waals surface area contributed by atoms with Crippen molar-refractivity contribution in [3.05, 3.63) is 57.6 Å². The Morgan fingerprint density at radius 3 is 2.48 bits per heavy atom. The molecular formula is C19H18Cl2N2OS. The van der Waals surface area contributed by atoms with E-state index < -0.39 is 0 Å². The molecule has 6 heteroatoms. The number of thioether (sulfide) groups is 1. The topological polar surface area (TPSA) is 44.1 Å². The summed E-state index contributed by atoms with van der Waals surface area (Å²) in [6, 6.07) is 13.2. The highest BCUT2D eigenvalue weighted by Gasteiger charge is 2.17. The van der Waals surface area contributed by atoms with Crippen LogP contribution in [0.1, 0.15) is 17.5 Å². The highest BCUT2D eigenvalue weighted by Crippen LogP contribution is 2.30. The molecule has 0 heterocycles. The molecule has 25 heavy (non-hydrogen) atoms. The van der Waals surface area contributed by atoms with Gasteiger partial charge in [-0.3, -0.25) is 4.79 Å². The van der Waals surface area contributed by atoms with Crippen LogP contribution in [0.15, 0.2) is 41.3 Å². The van der Waals surface area contributed by atoms with Gasteiger partial charge in [-0.25, -0.2) is 0 Å². The number of amides is 1. The molecule has 0 aromatic heterocycles. The molecule has 0 spiro atoms. The Morgan fingerprint density at radius 1 is 1.16 bits per heavy atom. The Bertz CT molecular complexity index is 797. The van der Waals surface area contributed by atoms with E-state index in [2.05, 4.69) is 12.1 Å². The zero-order valence-electron chi connectivity index (χ0n) is 14.1. The lowest BCUT2D eigenvalue weighted by Gasteiger charge is -2.23. The van der Waals surface area contributed by atoms with Gasteiger partial charge in [0.2, 0.25) is 5.91 Å². The fraction of sp³-hybridized carbons (Fsp3) is 0.263. The van der Waals surface area contributed by atoms with Gasteiger partial charge in [0.05, 0.1) is 23.3 Å². The highest BCUT2D eigenvalue weighted by molar-refractivity contribution is 8.00. The van der Waals surface area contributed by atoms with E-state index >= 15 is 0 Å². The van der Waals surface area contributed by atoms with E-state index in [0.717, 1.165) is 21.7 Å². The van der Waals surface area contributed by atoms with Crippen LogP contribution in [-0.4, -0.2) is 18.2 Å². The Morgan fingerprint density at radius 2 is 1.84 bits per heavy atom. The van der Waals surface area contributed by atoms with Crippen molar-refractivity contribution in [3.63, 3.8) is 0 Å². The third-order valence-corrected chi connectivity index (χ3v) is 5.23. The molecule has 1 amide bonds. The van der Waals surface area contributed by atoms with Crippen molar-refractivity contribution in [2.24, 2.45) is 0 Å². The van der Waals surface area contributed by atoms with E-state index in [4.69, 9.17) is 28.5 Å². The SMILES string of the molecule is Cc1cc(C)cc(N(CCC#N)C(=O)CSc2cc(Cl)ccc2Cl)c1. The van der Waals surface area contributed by atoms with Crippen LogP contribution in [0.3, 0.4) is 0 Å². The molecule has 0 unspecified atom stereocenters. The zero-order chi connectivity index (χ0) is 18.4. The summed E-state index contributed by atoms with van der Waals surface area (Å²) in [5, 5.41) is 10.0. The monoisotopic (exact) mass is 392 g/mol. The molecule has 0 radical (unpaired) electrons. The number of hydrogen-bond donors (Lipinski definition) is 0. The molecule has 0 atom stereocenters. The number of nitriles is 1. The summed E-state index contributed by atoms with van der Waals surface area (Å²) in [5.74, 6) is 0.152. The van der Waals surface area contributed by atoms with Crippen molar-refractivity contribution in [2.75, 3.05) is 17.2 Å². The zero-order valence-corrected chi connectivity index (χ0v) is 16.4. The van der Waals surface area contributed by atoms with Crippen LogP contribution in [0.25, 0.3) is 0 Å². The second kappa shape index (κ2) is 9.15. The summed E-state index contributed by atoms with van der Waals surface area (Å²) in [7, 11) is 0. The van der Waals surface area contributed by atoms with Crippen molar-refractivity contribution in [2.45, 2.75) is 25.2 Å². The molecule has 2 aromatic rings. The van der Waals surface area contributed by atoms with Gasteiger partial charge in [-0.15, -0.1) is 11.8 Å². The van der Waals surface area contributed by atoms with E-state index in [1.165, 1.54) is 11.8 Å². The first-order valence-electron chi connectivity index (χ1n) is 7.74. The summed E-state index contributed by atoms with van der Waals surface area (Å²) in [6.45, 7) is 4.34. The van der Waals surface area contributed by atoms with Crippen molar-refractivity contribution >= 4 is 46.6 Å². The average Bonchev–Trinajstić information content (AvgIpc) is 2.55. The van der Waals surface area contributed by atoms with Crippen LogP contribution in [0.4, 0.5) is 5.69 Å². The van der Waals surface area contributed by atoms with E-state index in [1.807, 2.05) is 26.0 Å². The predicted molar refractivity (Wildman–Crippen MR) is 106 cm³/mol. The summed E-state index contributed by atoms with van der Waals surface area (Å²) >= 11 is 13.5. The number of aryl methyl sites for hydroxylation is 2. The molecule has 0 saturated heterocycles. The van der Waals surface area contributed by atoms with Gasteiger partial charge >= 0.3 is 0 Å². The standard InChI is InChI=1S/C19H18Cl2N2OS/c1-13-8-14(2)10-16(9-13)23(7-3-6-22)19(24)12-25-18-11-15(20)4-5-17(18)21/h4-5,8-11H,3,7,12H2,1-2H3. The first-order chi connectivity index (χ1) is 11.9. The lowest BCUT2D eigenvalue weighted by Crippen LogP contribution is -2.33. The largest absolute Gasteiger partial charge is 0.311 e. The molecule has 0 aliphatic carbocycles. The molecule has 0 fully saturated rings. The van der Waals surface area contributed by atoms with E-state index in [1.54, 1.807) is 23.1 Å².